The summed E-state index contributed by atoms with van der Waals surface area (Å²) in [6, 6.07) is 16.7. The fourth-order valence-electron chi connectivity index (χ4n) is 2.17. The SMILES string of the molecule is C=C(C)C(=O)NCCCNc1ccc(C(=O)c2ccccc2)cc1. The van der Waals surface area contributed by atoms with Crippen LogP contribution in [-0.4, -0.2) is 24.8 Å². The number of hydrogen-bond donors (Lipinski definition) is 2. The van der Waals surface area contributed by atoms with Gasteiger partial charge >= 0.3 is 0 Å². The molecule has 0 aliphatic heterocycles. The van der Waals surface area contributed by atoms with Crippen molar-refractivity contribution in [2.75, 3.05) is 18.4 Å². The molecule has 0 saturated carbocycles. The Morgan fingerprint density at radius 1 is 0.917 bits per heavy atom. The van der Waals surface area contributed by atoms with Gasteiger partial charge in [-0.15, -0.1) is 0 Å². The minimum absolute atomic E-state index is 0.0182. The first kappa shape index (κ1) is 17.5. The van der Waals surface area contributed by atoms with Gasteiger partial charge in [-0.25, -0.2) is 0 Å². The van der Waals surface area contributed by atoms with Crippen molar-refractivity contribution >= 4 is 17.4 Å². The van der Waals surface area contributed by atoms with Crippen LogP contribution < -0.4 is 10.6 Å². The summed E-state index contributed by atoms with van der Waals surface area (Å²) < 4.78 is 0. The van der Waals surface area contributed by atoms with Crippen LogP contribution in [0.25, 0.3) is 0 Å². The van der Waals surface area contributed by atoms with Gasteiger partial charge in [0.15, 0.2) is 5.78 Å². The van der Waals surface area contributed by atoms with E-state index in [0.29, 0.717) is 23.2 Å². The zero-order valence-electron chi connectivity index (χ0n) is 13.8. The topological polar surface area (TPSA) is 58.2 Å². The molecule has 2 N–H and O–H groups in total. The predicted molar refractivity (Wildman–Crippen MR) is 97.2 cm³/mol. The van der Waals surface area contributed by atoms with Crippen LogP contribution in [-0.2, 0) is 4.79 Å². The van der Waals surface area contributed by atoms with Gasteiger partial charge in [0.1, 0.15) is 0 Å². The molecule has 2 rings (SSSR count). The van der Waals surface area contributed by atoms with Gasteiger partial charge < -0.3 is 10.6 Å². The molecule has 1 amide bonds. The molecule has 0 radical (unpaired) electrons. The molecule has 0 bridgehead atoms. The van der Waals surface area contributed by atoms with E-state index in [-0.39, 0.29) is 11.7 Å². The van der Waals surface area contributed by atoms with Crippen molar-refractivity contribution in [1.82, 2.24) is 5.32 Å². The Morgan fingerprint density at radius 3 is 2.17 bits per heavy atom. The van der Waals surface area contributed by atoms with Crippen LogP contribution in [0.15, 0.2) is 66.7 Å². The molecular formula is C20H22N2O2. The molecule has 0 spiro atoms. The third-order valence-corrected chi connectivity index (χ3v) is 3.54. The van der Waals surface area contributed by atoms with Crippen LogP contribution in [0.5, 0.6) is 0 Å². The minimum atomic E-state index is -0.112. The first-order valence-corrected chi connectivity index (χ1v) is 7.95. The fourth-order valence-corrected chi connectivity index (χ4v) is 2.17. The summed E-state index contributed by atoms with van der Waals surface area (Å²) in [6.07, 6.45) is 0.809. The average molecular weight is 322 g/mol. The monoisotopic (exact) mass is 322 g/mol. The lowest BCUT2D eigenvalue weighted by Crippen LogP contribution is -2.26. The van der Waals surface area contributed by atoms with E-state index < -0.39 is 0 Å². The summed E-state index contributed by atoms with van der Waals surface area (Å²) in [6.45, 7) is 6.62. The van der Waals surface area contributed by atoms with E-state index in [1.807, 2.05) is 54.6 Å². The Morgan fingerprint density at radius 2 is 1.54 bits per heavy atom. The Labute approximate surface area is 142 Å². The van der Waals surface area contributed by atoms with Crippen LogP contribution in [0, 0.1) is 0 Å². The fraction of sp³-hybridized carbons (Fsp3) is 0.200. The van der Waals surface area contributed by atoms with Gasteiger partial charge in [0.25, 0.3) is 0 Å². The lowest BCUT2D eigenvalue weighted by atomic mass is 10.0. The molecular weight excluding hydrogens is 300 g/mol. The Kier molecular flexibility index (Phi) is 6.32. The van der Waals surface area contributed by atoms with Gasteiger partial charge in [-0.1, -0.05) is 36.9 Å². The van der Waals surface area contributed by atoms with E-state index in [4.69, 9.17) is 0 Å². The summed E-state index contributed by atoms with van der Waals surface area (Å²) in [5.41, 5.74) is 2.82. The van der Waals surface area contributed by atoms with E-state index >= 15 is 0 Å². The number of rotatable bonds is 8. The van der Waals surface area contributed by atoms with Crippen molar-refractivity contribution in [2.45, 2.75) is 13.3 Å². The summed E-state index contributed by atoms with van der Waals surface area (Å²) >= 11 is 0. The molecule has 124 valence electrons. The summed E-state index contributed by atoms with van der Waals surface area (Å²) in [7, 11) is 0. The van der Waals surface area contributed by atoms with E-state index in [0.717, 1.165) is 18.7 Å². The van der Waals surface area contributed by atoms with Crippen LogP contribution >= 0.6 is 0 Å². The molecule has 0 saturated heterocycles. The lowest BCUT2D eigenvalue weighted by Gasteiger charge is -2.08. The van der Waals surface area contributed by atoms with Gasteiger partial charge in [0.2, 0.25) is 5.91 Å². The van der Waals surface area contributed by atoms with Crippen molar-refractivity contribution in [3.05, 3.63) is 77.9 Å². The Balaban J connectivity index is 1.79. The normalized spacial score (nSPS) is 10.0. The molecule has 0 aliphatic carbocycles. The first-order valence-electron chi connectivity index (χ1n) is 7.95. The molecule has 24 heavy (non-hydrogen) atoms. The highest BCUT2D eigenvalue weighted by atomic mass is 16.1. The summed E-state index contributed by atoms with van der Waals surface area (Å²) in [4.78, 5) is 23.6. The second kappa shape index (κ2) is 8.67. The van der Waals surface area contributed by atoms with Gasteiger partial charge in [0.05, 0.1) is 0 Å². The maximum absolute atomic E-state index is 12.3. The third-order valence-electron chi connectivity index (χ3n) is 3.54. The molecule has 4 heteroatoms. The standard InChI is InChI=1S/C20H22N2O2/c1-15(2)20(24)22-14-6-13-21-18-11-9-17(10-12-18)19(23)16-7-4-3-5-8-16/h3-5,7-12,21H,1,6,13-14H2,2H3,(H,22,24). The number of anilines is 1. The molecule has 0 fully saturated rings. The summed E-state index contributed by atoms with van der Waals surface area (Å²) in [5, 5.41) is 6.06. The van der Waals surface area contributed by atoms with Crippen LogP contribution in [0.3, 0.4) is 0 Å². The van der Waals surface area contributed by atoms with Gasteiger partial charge in [-0.3, -0.25) is 9.59 Å². The first-order chi connectivity index (χ1) is 11.6. The number of carbonyl (C=O) groups is 2. The van der Waals surface area contributed by atoms with Gasteiger partial charge in [0, 0.05) is 35.5 Å². The molecule has 0 aliphatic rings. The largest absolute Gasteiger partial charge is 0.385 e. The van der Waals surface area contributed by atoms with Crippen molar-refractivity contribution in [1.29, 1.82) is 0 Å². The molecule has 4 nitrogen and oxygen atoms in total. The van der Waals surface area contributed by atoms with Crippen molar-refractivity contribution in [3.63, 3.8) is 0 Å². The Hall–Kier alpha value is -2.88. The quantitative estimate of drug-likeness (QED) is 0.445. The van der Waals surface area contributed by atoms with Crippen molar-refractivity contribution in [3.8, 4) is 0 Å². The second-order valence-corrected chi connectivity index (χ2v) is 5.59. The molecule has 0 heterocycles. The highest BCUT2D eigenvalue weighted by Crippen LogP contribution is 2.13. The number of nitrogens with one attached hydrogen (secondary N) is 2. The third kappa shape index (κ3) is 5.09. The smallest absolute Gasteiger partial charge is 0.246 e. The zero-order valence-corrected chi connectivity index (χ0v) is 13.8. The maximum Gasteiger partial charge on any atom is 0.246 e. The number of ketones is 1. The highest BCUT2D eigenvalue weighted by molar-refractivity contribution is 6.09. The van der Waals surface area contributed by atoms with Crippen molar-refractivity contribution < 1.29 is 9.59 Å². The molecule has 0 atom stereocenters. The van der Waals surface area contributed by atoms with Crippen LogP contribution in [0.2, 0.25) is 0 Å². The highest BCUT2D eigenvalue weighted by Gasteiger charge is 2.07. The van der Waals surface area contributed by atoms with Crippen LogP contribution in [0.1, 0.15) is 29.3 Å². The molecule has 2 aromatic carbocycles. The lowest BCUT2D eigenvalue weighted by molar-refractivity contribution is -0.117. The van der Waals surface area contributed by atoms with Crippen LogP contribution in [0.4, 0.5) is 5.69 Å². The van der Waals surface area contributed by atoms with Gasteiger partial charge in [-0.05, 0) is 37.6 Å². The minimum Gasteiger partial charge on any atom is -0.385 e. The van der Waals surface area contributed by atoms with E-state index in [2.05, 4.69) is 17.2 Å². The molecule has 2 aromatic rings. The zero-order chi connectivity index (χ0) is 17.4. The number of amides is 1. The maximum atomic E-state index is 12.3. The summed E-state index contributed by atoms with van der Waals surface area (Å²) in [5.74, 6) is -0.0940. The van der Waals surface area contributed by atoms with E-state index in [9.17, 15) is 9.59 Å². The van der Waals surface area contributed by atoms with E-state index in [1.165, 1.54) is 0 Å². The van der Waals surface area contributed by atoms with Crippen molar-refractivity contribution in [2.24, 2.45) is 0 Å². The average Bonchev–Trinajstić information content (AvgIpc) is 2.62. The Bertz CT molecular complexity index is 706. The predicted octanol–water partition coefficient (Wildman–Crippen LogP) is 3.41. The number of benzene rings is 2. The number of hydrogen-bond acceptors (Lipinski definition) is 3. The molecule has 0 aromatic heterocycles. The second-order valence-electron chi connectivity index (χ2n) is 5.59. The van der Waals surface area contributed by atoms with Gasteiger partial charge in [-0.2, -0.15) is 0 Å². The number of carbonyl (C=O) groups excluding carboxylic acids is 2. The van der Waals surface area contributed by atoms with E-state index in [1.54, 1.807) is 6.92 Å². The molecule has 0 unspecified atom stereocenters.